The summed E-state index contributed by atoms with van der Waals surface area (Å²) >= 11 is 0. The second-order valence-corrected chi connectivity index (χ2v) is 7.55. The van der Waals surface area contributed by atoms with Crippen molar-refractivity contribution in [2.24, 2.45) is 0 Å². The zero-order valence-electron chi connectivity index (χ0n) is 15.2. The van der Waals surface area contributed by atoms with Gasteiger partial charge in [-0.15, -0.1) is 0 Å². The lowest BCUT2D eigenvalue weighted by Gasteiger charge is -2.07. The first kappa shape index (κ1) is 23.6. The Labute approximate surface area is 147 Å². The van der Waals surface area contributed by atoms with Gasteiger partial charge in [0.2, 0.25) is 5.91 Å². The quantitative estimate of drug-likeness (QED) is 0.264. The first-order chi connectivity index (χ1) is 11.5. The molecule has 0 aromatic heterocycles. The Morgan fingerprint density at radius 2 is 1.38 bits per heavy atom. The third-order valence-corrected chi connectivity index (χ3v) is 4.43. The summed E-state index contributed by atoms with van der Waals surface area (Å²) in [4.78, 5) is 28.6. The molecule has 0 saturated carbocycles. The summed E-state index contributed by atoms with van der Waals surface area (Å²) in [6.45, 7) is 2.57. The van der Waals surface area contributed by atoms with Crippen LogP contribution in [0.1, 0.15) is 90.4 Å². The zero-order chi connectivity index (χ0) is 18.1. The second kappa shape index (κ2) is 16.1. The van der Waals surface area contributed by atoms with E-state index in [9.17, 15) is 9.36 Å². The molecular formula is C17H36NO5P. The van der Waals surface area contributed by atoms with Gasteiger partial charge in [0.25, 0.3) is 0 Å². The molecule has 0 aliphatic heterocycles. The highest BCUT2D eigenvalue weighted by atomic mass is 31.2. The van der Waals surface area contributed by atoms with E-state index in [4.69, 9.17) is 9.79 Å². The van der Waals surface area contributed by atoms with Gasteiger partial charge in [-0.25, -0.2) is 4.57 Å². The van der Waals surface area contributed by atoms with Crippen LogP contribution < -0.4 is 5.32 Å². The van der Waals surface area contributed by atoms with Crippen LogP contribution >= 0.6 is 7.82 Å². The third kappa shape index (κ3) is 19.6. The van der Waals surface area contributed by atoms with E-state index < -0.39 is 7.82 Å². The zero-order valence-corrected chi connectivity index (χ0v) is 16.1. The van der Waals surface area contributed by atoms with Gasteiger partial charge in [0, 0.05) is 13.0 Å². The fourth-order valence-corrected chi connectivity index (χ4v) is 2.89. The summed E-state index contributed by atoms with van der Waals surface area (Å²) in [5.74, 6) is 0.00195. The SMILES string of the molecule is CCCCCCCCCCCCCC(=O)NCCCOP(=O)(O)O. The van der Waals surface area contributed by atoms with Crippen molar-refractivity contribution >= 4 is 13.7 Å². The molecule has 0 aliphatic rings. The Balaban J connectivity index is 3.22. The van der Waals surface area contributed by atoms with Crippen LogP contribution in [-0.2, 0) is 13.9 Å². The van der Waals surface area contributed by atoms with Gasteiger partial charge in [0.1, 0.15) is 0 Å². The average Bonchev–Trinajstić information content (AvgIpc) is 2.51. The highest BCUT2D eigenvalue weighted by molar-refractivity contribution is 7.46. The fraction of sp³-hybridized carbons (Fsp3) is 0.941. The lowest BCUT2D eigenvalue weighted by molar-refractivity contribution is -0.121. The Kier molecular flexibility index (Phi) is 15.8. The number of rotatable bonds is 17. The highest BCUT2D eigenvalue weighted by Crippen LogP contribution is 2.35. The summed E-state index contributed by atoms with van der Waals surface area (Å²) in [5, 5.41) is 2.73. The van der Waals surface area contributed by atoms with Gasteiger partial charge >= 0.3 is 7.82 Å². The van der Waals surface area contributed by atoms with E-state index in [1.165, 1.54) is 57.8 Å². The number of phosphoric ester groups is 1. The van der Waals surface area contributed by atoms with Gasteiger partial charge in [-0.1, -0.05) is 71.1 Å². The van der Waals surface area contributed by atoms with Gasteiger partial charge in [-0.3, -0.25) is 9.32 Å². The minimum absolute atomic E-state index is 0.00195. The predicted octanol–water partition coefficient (Wildman–Crippen LogP) is 4.30. The molecule has 24 heavy (non-hydrogen) atoms. The van der Waals surface area contributed by atoms with E-state index in [1.54, 1.807) is 0 Å². The highest BCUT2D eigenvalue weighted by Gasteiger charge is 2.12. The molecule has 0 aromatic carbocycles. The molecule has 3 N–H and O–H groups in total. The van der Waals surface area contributed by atoms with Gasteiger partial charge in [0.15, 0.2) is 0 Å². The van der Waals surface area contributed by atoms with E-state index in [1.807, 2.05) is 0 Å². The van der Waals surface area contributed by atoms with Crippen molar-refractivity contribution in [1.29, 1.82) is 0 Å². The number of carbonyl (C=O) groups is 1. The van der Waals surface area contributed by atoms with E-state index in [0.717, 1.165) is 12.8 Å². The van der Waals surface area contributed by atoms with Crippen LogP contribution in [0.3, 0.4) is 0 Å². The van der Waals surface area contributed by atoms with Crippen molar-refractivity contribution in [2.45, 2.75) is 90.4 Å². The molecule has 0 saturated heterocycles. The van der Waals surface area contributed by atoms with Crippen molar-refractivity contribution < 1.29 is 23.7 Å². The summed E-state index contributed by atoms with van der Waals surface area (Å²) in [5.41, 5.74) is 0. The molecule has 0 aromatic rings. The maximum atomic E-state index is 11.6. The monoisotopic (exact) mass is 365 g/mol. The minimum atomic E-state index is -4.38. The molecule has 0 rings (SSSR count). The molecule has 0 heterocycles. The van der Waals surface area contributed by atoms with E-state index >= 15 is 0 Å². The van der Waals surface area contributed by atoms with Gasteiger partial charge < -0.3 is 15.1 Å². The van der Waals surface area contributed by atoms with Crippen LogP contribution in [0.4, 0.5) is 0 Å². The van der Waals surface area contributed by atoms with Gasteiger partial charge in [0.05, 0.1) is 6.61 Å². The van der Waals surface area contributed by atoms with Crippen LogP contribution in [0.25, 0.3) is 0 Å². The van der Waals surface area contributed by atoms with Crippen LogP contribution in [-0.4, -0.2) is 28.8 Å². The van der Waals surface area contributed by atoms with Crippen molar-refractivity contribution in [3.8, 4) is 0 Å². The molecular weight excluding hydrogens is 329 g/mol. The molecule has 0 aliphatic carbocycles. The number of amides is 1. The van der Waals surface area contributed by atoms with Crippen LogP contribution in [0.2, 0.25) is 0 Å². The first-order valence-electron chi connectivity index (χ1n) is 9.42. The molecule has 1 amide bonds. The summed E-state index contributed by atoms with van der Waals surface area (Å²) in [6, 6.07) is 0. The molecule has 7 heteroatoms. The Morgan fingerprint density at radius 3 is 1.88 bits per heavy atom. The lowest BCUT2D eigenvalue weighted by atomic mass is 10.1. The summed E-state index contributed by atoms with van der Waals surface area (Å²) in [7, 11) is -4.38. The molecule has 0 bridgehead atoms. The van der Waals surface area contributed by atoms with E-state index in [0.29, 0.717) is 19.4 Å². The summed E-state index contributed by atoms with van der Waals surface area (Å²) in [6.07, 6.45) is 14.8. The smallest absolute Gasteiger partial charge is 0.356 e. The topological polar surface area (TPSA) is 95.9 Å². The minimum Gasteiger partial charge on any atom is -0.356 e. The fourth-order valence-electron chi connectivity index (χ4n) is 2.52. The maximum Gasteiger partial charge on any atom is 0.469 e. The normalized spacial score (nSPS) is 11.6. The molecule has 0 atom stereocenters. The number of unbranched alkanes of at least 4 members (excludes halogenated alkanes) is 10. The van der Waals surface area contributed by atoms with Crippen molar-refractivity contribution in [1.82, 2.24) is 5.32 Å². The number of phosphoric acid groups is 1. The molecule has 0 unspecified atom stereocenters. The van der Waals surface area contributed by atoms with Crippen LogP contribution in [0, 0.1) is 0 Å². The first-order valence-corrected chi connectivity index (χ1v) is 11.0. The van der Waals surface area contributed by atoms with Crippen LogP contribution in [0.15, 0.2) is 0 Å². The lowest BCUT2D eigenvalue weighted by Crippen LogP contribution is -2.24. The molecule has 0 spiro atoms. The van der Waals surface area contributed by atoms with E-state index in [2.05, 4.69) is 16.8 Å². The van der Waals surface area contributed by atoms with Crippen molar-refractivity contribution in [3.63, 3.8) is 0 Å². The summed E-state index contributed by atoms with van der Waals surface area (Å²) < 4.78 is 14.7. The maximum absolute atomic E-state index is 11.6. The molecule has 0 fully saturated rings. The van der Waals surface area contributed by atoms with Crippen LogP contribution in [0.5, 0.6) is 0 Å². The Bertz CT molecular complexity index is 346. The van der Waals surface area contributed by atoms with E-state index in [-0.39, 0.29) is 12.5 Å². The predicted molar refractivity (Wildman–Crippen MR) is 96.7 cm³/mol. The number of nitrogens with one attached hydrogen (secondary N) is 1. The molecule has 0 radical (unpaired) electrons. The number of hydrogen-bond donors (Lipinski definition) is 3. The Morgan fingerprint density at radius 1 is 0.875 bits per heavy atom. The van der Waals surface area contributed by atoms with Gasteiger partial charge in [-0.2, -0.15) is 0 Å². The number of carbonyl (C=O) groups excluding carboxylic acids is 1. The standard InChI is InChI=1S/C17H36NO5P/c1-2-3-4-5-6-7-8-9-10-11-12-14-17(19)18-15-13-16-23-24(20,21)22/h2-16H2,1H3,(H,18,19)(H2,20,21,22). The Hall–Kier alpha value is -0.420. The molecule has 144 valence electrons. The van der Waals surface area contributed by atoms with Crippen molar-refractivity contribution in [3.05, 3.63) is 0 Å². The number of hydrogen-bond acceptors (Lipinski definition) is 3. The van der Waals surface area contributed by atoms with Gasteiger partial charge in [-0.05, 0) is 12.8 Å². The molecule has 6 nitrogen and oxygen atoms in total. The second-order valence-electron chi connectivity index (χ2n) is 6.31. The largest absolute Gasteiger partial charge is 0.469 e. The van der Waals surface area contributed by atoms with Crippen molar-refractivity contribution in [2.75, 3.05) is 13.2 Å². The average molecular weight is 365 g/mol. The third-order valence-electron chi connectivity index (χ3n) is 3.91.